The molecule has 1 atom stereocenters. The number of unbranched alkanes of at least 4 members (excludes halogenated alkanes) is 1. The minimum absolute atomic E-state index is 0.0377. The van der Waals surface area contributed by atoms with Crippen molar-refractivity contribution in [3.05, 3.63) is 47.7 Å². The minimum atomic E-state index is -0.549. The number of nitrogens with zero attached hydrogens (tertiary/aromatic N) is 2. The second-order valence-corrected chi connectivity index (χ2v) is 6.87. The first-order chi connectivity index (χ1) is 13.5. The van der Waals surface area contributed by atoms with E-state index >= 15 is 0 Å². The number of carbonyl (C=O) groups excluding carboxylic acids is 2. The van der Waals surface area contributed by atoms with Crippen molar-refractivity contribution in [3.8, 4) is 11.5 Å². The number of amides is 3. The first-order valence-corrected chi connectivity index (χ1v) is 9.48. The molecular weight excluding hydrogens is 358 g/mol. The fourth-order valence-electron chi connectivity index (χ4n) is 3.65. The lowest BCUT2D eigenvalue weighted by Crippen LogP contribution is -2.47. The van der Waals surface area contributed by atoms with Crippen molar-refractivity contribution >= 4 is 11.9 Å². The van der Waals surface area contributed by atoms with Crippen LogP contribution in [0.5, 0.6) is 11.5 Å². The highest BCUT2D eigenvalue weighted by molar-refractivity contribution is 6.01. The summed E-state index contributed by atoms with van der Waals surface area (Å²) >= 11 is 0. The van der Waals surface area contributed by atoms with Crippen LogP contribution in [0, 0.1) is 0 Å². The highest BCUT2D eigenvalue weighted by atomic mass is 16.5. The monoisotopic (exact) mass is 385 g/mol. The number of methoxy groups -OCH3 is 2. The van der Waals surface area contributed by atoms with Crippen molar-refractivity contribution in [1.29, 1.82) is 0 Å². The molecule has 1 aromatic rings. The van der Waals surface area contributed by atoms with Crippen LogP contribution < -0.4 is 14.8 Å². The van der Waals surface area contributed by atoms with E-state index in [2.05, 4.69) is 18.8 Å². The Hall–Kier alpha value is -2.96. The zero-order valence-electron chi connectivity index (χ0n) is 16.7. The minimum Gasteiger partial charge on any atom is -0.497 e. The van der Waals surface area contributed by atoms with Gasteiger partial charge in [0.15, 0.2) is 0 Å². The third-order valence-corrected chi connectivity index (χ3v) is 5.10. The molecule has 2 heterocycles. The van der Waals surface area contributed by atoms with Gasteiger partial charge in [-0.3, -0.25) is 9.69 Å². The molecule has 1 N–H and O–H groups in total. The Morgan fingerprint density at radius 3 is 2.46 bits per heavy atom. The quantitative estimate of drug-likeness (QED) is 0.699. The fourth-order valence-corrected chi connectivity index (χ4v) is 3.65. The second-order valence-electron chi connectivity index (χ2n) is 6.87. The maximum atomic E-state index is 13.2. The zero-order chi connectivity index (χ0) is 20.3. The molecule has 3 rings (SSSR count). The first kappa shape index (κ1) is 19.8. The van der Waals surface area contributed by atoms with E-state index < -0.39 is 6.04 Å². The van der Waals surface area contributed by atoms with E-state index in [1.807, 2.05) is 17.0 Å². The molecule has 0 aliphatic carbocycles. The number of benzene rings is 1. The Bertz CT molecular complexity index is 796. The molecule has 0 saturated carbocycles. The zero-order valence-corrected chi connectivity index (χ0v) is 16.7. The van der Waals surface area contributed by atoms with E-state index in [0.29, 0.717) is 36.7 Å². The standard InChI is InChI=1S/C21H27N3O4/c1-5-7-9-23-13-17-18(20(23)25)19(22-21(26)24(17)8-6-2)14-10-15(27-3)12-16(11-14)28-4/h6,10-12,19H,2,5,7-9,13H2,1,3-4H3,(H,22,26). The maximum Gasteiger partial charge on any atom is 0.322 e. The number of ether oxygens (including phenoxy) is 2. The normalized spacial score (nSPS) is 18.9. The van der Waals surface area contributed by atoms with Crippen LogP contribution >= 0.6 is 0 Å². The van der Waals surface area contributed by atoms with Gasteiger partial charge >= 0.3 is 6.03 Å². The molecule has 2 aliphatic rings. The van der Waals surface area contributed by atoms with Crippen LogP contribution in [-0.4, -0.2) is 55.6 Å². The van der Waals surface area contributed by atoms with Crippen LogP contribution in [0.25, 0.3) is 0 Å². The number of rotatable bonds is 8. The van der Waals surface area contributed by atoms with Crippen molar-refractivity contribution in [1.82, 2.24) is 15.1 Å². The van der Waals surface area contributed by atoms with Crippen LogP contribution in [0.3, 0.4) is 0 Å². The van der Waals surface area contributed by atoms with Crippen molar-refractivity contribution in [2.24, 2.45) is 0 Å². The predicted octanol–water partition coefficient (Wildman–Crippen LogP) is 2.85. The van der Waals surface area contributed by atoms with Gasteiger partial charge < -0.3 is 19.7 Å². The molecule has 28 heavy (non-hydrogen) atoms. The lowest BCUT2D eigenvalue weighted by atomic mass is 9.95. The summed E-state index contributed by atoms with van der Waals surface area (Å²) in [5.74, 6) is 1.17. The Morgan fingerprint density at radius 1 is 1.21 bits per heavy atom. The number of urea groups is 1. The molecule has 7 nitrogen and oxygen atoms in total. The van der Waals surface area contributed by atoms with Crippen molar-refractivity contribution < 1.29 is 19.1 Å². The highest BCUT2D eigenvalue weighted by Gasteiger charge is 2.43. The molecule has 7 heteroatoms. The molecule has 2 aliphatic heterocycles. The second kappa shape index (κ2) is 8.37. The molecule has 0 saturated heterocycles. The SMILES string of the molecule is C=CCN1C(=O)NC(c2cc(OC)cc(OC)c2)C2=C1CN(CCCC)C2=O. The molecule has 3 amide bonds. The third-order valence-electron chi connectivity index (χ3n) is 5.10. The number of hydrogen-bond donors (Lipinski definition) is 1. The van der Waals surface area contributed by atoms with Crippen LogP contribution in [-0.2, 0) is 4.79 Å². The molecule has 0 radical (unpaired) electrons. The highest BCUT2D eigenvalue weighted by Crippen LogP contribution is 2.38. The summed E-state index contributed by atoms with van der Waals surface area (Å²) in [6, 6.07) is 4.62. The largest absolute Gasteiger partial charge is 0.497 e. The van der Waals surface area contributed by atoms with Gasteiger partial charge in [0.2, 0.25) is 0 Å². The fraction of sp³-hybridized carbons (Fsp3) is 0.429. The van der Waals surface area contributed by atoms with Gasteiger partial charge in [0.25, 0.3) is 5.91 Å². The van der Waals surface area contributed by atoms with Gasteiger partial charge in [-0.15, -0.1) is 6.58 Å². The summed E-state index contributed by atoms with van der Waals surface area (Å²) in [6.45, 7) is 7.29. The smallest absolute Gasteiger partial charge is 0.322 e. The summed E-state index contributed by atoms with van der Waals surface area (Å²) in [4.78, 5) is 29.4. The van der Waals surface area contributed by atoms with Crippen molar-refractivity contribution in [2.75, 3.05) is 33.9 Å². The van der Waals surface area contributed by atoms with E-state index in [0.717, 1.165) is 24.1 Å². The summed E-state index contributed by atoms with van der Waals surface area (Å²) in [7, 11) is 3.14. The molecular formula is C21H27N3O4. The van der Waals surface area contributed by atoms with Gasteiger partial charge in [-0.2, -0.15) is 0 Å². The number of hydrogen-bond acceptors (Lipinski definition) is 4. The van der Waals surface area contributed by atoms with Gasteiger partial charge in [-0.05, 0) is 24.1 Å². The van der Waals surface area contributed by atoms with E-state index in [1.165, 1.54) is 0 Å². The molecule has 0 spiro atoms. The topological polar surface area (TPSA) is 71.1 Å². The summed E-state index contributed by atoms with van der Waals surface area (Å²) in [6.07, 6.45) is 3.59. The molecule has 0 bridgehead atoms. The molecule has 150 valence electrons. The lowest BCUT2D eigenvalue weighted by Gasteiger charge is -2.33. The Balaban J connectivity index is 2.05. The van der Waals surface area contributed by atoms with E-state index in [9.17, 15) is 9.59 Å². The Kier molecular flexibility index (Phi) is 5.92. The van der Waals surface area contributed by atoms with Crippen LogP contribution in [0.1, 0.15) is 31.4 Å². The van der Waals surface area contributed by atoms with Gasteiger partial charge in [-0.1, -0.05) is 19.4 Å². The number of nitrogens with one attached hydrogen (secondary N) is 1. The van der Waals surface area contributed by atoms with Gasteiger partial charge in [0.1, 0.15) is 11.5 Å². The van der Waals surface area contributed by atoms with E-state index in [-0.39, 0.29) is 11.9 Å². The van der Waals surface area contributed by atoms with E-state index in [4.69, 9.17) is 9.47 Å². The van der Waals surface area contributed by atoms with Crippen LogP contribution in [0.15, 0.2) is 42.1 Å². The molecule has 0 fully saturated rings. The lowest BCUT2D eigenvalue weighted by molar-refractivity contribution is -0.125. The Morgan fingerprint density at radius 2 is 1.89 bits per heavy atom. The molecule has 1 unspecified atom stereocenters. The van der Waals surface area contributed by atoms with Gasteiger partial charge in [0.05, 0.1) is 38.1 Å². The first-order valence-electron chi connectivity index (χ1n) is 9.48. The average Bonchev–Trinajstić information content (AvgIpc) is 3.04. The summed E-state index contributed by atoms with van der Waals surface area (Å²) in [5, 5.41) is 2.97. The third kappa shape index (κ3) is 3.56. The molecule has 0 aromatic heterocycles. The summed E-state index contributed by atoms with van der Waals surface area (Å²) in [5.41, 5.74) is 2.10. The van der Waals surface area contributed by atoms with Gasteiger partial charge in [-0.25, -0.2) is 4.79 Å². The van der Waals surface area contributed by atoms with Crippen LogP contribution in [0.4, 0.5) is 4.79 Å². The van der Waals surface area contributed by atoms with E-state index in [1.54, 1.807) is 31.3 Å². The maximum absolute atomic E-state index is 13.2. The van der Waals surface area contributed by atoms with Crippen LogP contribution in [0.2, 0.25) is 0 Å². The van der Waals surface area contributed by atoms with Crippen molar-refractivity contribution in [3.63, 3.8) is 0 Å². The number of carbonyl (C=O) groups is 2. The summed E-state index contributed by atoms with van der Waals surface area (Å²) < 4.78 is 10.7. The van der Waals surface area contributed by atoms with Gasteiger partial charge in [0, 0.05) is 19.2 Å². The van der Waals surface area contributed by atoms with Crippen molar-refractivity contribution in [2.45, 2.75) is 25.8 Å². The average molecular weight is 385 g/mol. The predicted molar refractivity (Wildman–Crippen MR) is 106 cm³/mol. The Labute approximate surface area is 165 Å². The molecule has 1 aromatic carbocycles.